The number of ether oxygens (including phenoxy) is 1. The van der Waals surface area contributed by atoms with Gasteiger partial charge in [-0.05, 0) is 32.4 Å². The number of aryl methyl sites for hydroxylation is 1. The van der Waals surface area contributed by atoms with E-state index in [1.165, 1.54) is 4.90 Å². The van der Waals surface area contributed by atoms with Crippen molar-refractivity contribution in [3.8, 4) is 0 Å². The van der Waals surface area contributed by atoms with Gasteiger partial charge in [-0.25, -0.2) is 4.98 Å². The number of carbonyl (C=O) groups is 2. The SMILES string of the molecule is CCCN(CC(=O)OCC)C(=O)c1cccc(C)n1. The maximum atomic E-state index is 12.3. The van der Waals surface area contributed by atoms with E-state index in [4.69, 9.17) is 4.74 Å². The molecule has 0 saturated carbocycles. The average Bonchev–Trinajstić information content (AvgIpc) is 2.37. The van der Waals surface area contributed by atoms with Crippen LogP contribution in [0.3, 0.4) is 0 Å². The van der Waals surface area contributed by atoms with E-state index in [9.17, 15) is 9.59 Å². The summed E-state index contributed by atoms with van der Waals surface area (Å²) in [6.45, 7) is 6.31. The second-order valence-electron chi connectivity index (χ2n) is 4.20. The number of hydrogen-bond donors (Lipinski definition) is 0. The average molecular weight is 264 g/mol. The van der Waals surface area contributed by atoms with Crippen LogP contribution in [-0.2, 0) is 9.53 Å². The first-order valence-electron chi connectivity index (χ1n) is 6.47. The molecule has 5 nitrogen and oxygen atoms in total. The summed E-state index contributed by atoms with van der Waals surface area (Å²) in [5, 5.41) is 0. The fourth-order valence-corrected chi connectivity index (χ4v) is 1.71. The summed E-state index contributed by atoms with van der Waals surface area (Å²) < 4.78 is 4.88. The van der Waals surface area contributed by atoms with Crippen LogP contribution < -0.4 is 0 Å². The van der Waals surface area contributed by atoms with Gasteiger partial charge in [-0.15, -0.1) is 0 Å². The van der Waals surface area contributed by atoms with Crippen LogP contribution in [0.2, 0.25) is 0 Å². The van der Waals surface area contributed by atoms with Gasteiger partial charge in [0, 0.05) is 12.2 Å². The first-order valence-corrected chi connectivity index (χ1v) is 6.47. The second-order valence-corrected chi connectivity index (χ2v) is 4.20. The summed E-state index contributed by atoms with van der Waals surface area (Å²) in [6, 6.07) is 5.26. The summed E-state index contributed by atoms with van der Waals surface area (Å²) in [5.41, 5.74) is 1.14. The topological polar surface area (TPSA) is 59.5 Å². The van der Waals surface area contributed by atoms with Crippen molar-refractivity contribution in [3.05, 3.63) is 29.6 Å². The van der Waals surface area contributed by atoms with Crippen molar-refractivity contribution in [2.24, 2.45) is 0 Å². The summed E-state index contributed by atoms with van der Waals surface area (Å²) in [6.07, 6.45) is 0.775. The quantitative estimate of drug-likeness (QED) is 0.735. The zero-order chi connectivity index (χ0) is 14.3. The monoisotopic (exact) mass is 264 g/mol. The van der Waals surface area contributed by atoms with Crippen molar-refractivity contribution in [1.82, 2.24) is 9.88 Å². The van der Waals surface area contributed by atoms with E-state index in [0.717, 1.165) is 12.1 Å². The van der Waals surface area contributed by atoms with Gasteiger partial charge in [0.05, 0.1) is 6.61 Å². The first kappa shape index (κ1) is 15.1. The standard InChI is InChI=1S/C14H20N2O3/c1-4-9-16(10-13(17)19-5-2)14(18)12-8-6-7-11(3)15-12/h6-8H,4-5,9-10H2,1-3H3. The van der Waals surface area contributed by atoms with Gasteiger partial charge in [-0.1, -0.05) is 13.0 Å². The van der Waals surface area contributed by atoms with Gasteiger partial charge in [0.25, 0.3) is 5.91 Å². The van der Waals surface area contributed by atoms with Gasteiger partial charge in [0.2, 0.25) is 0 Å². The predicted molar refractivity (Wildman–Crippen MR) is 71.8 cm³/mol. The minimum absolute atomic E-state index is 0.0316. The maximum Gasteiger partial charge on any atom is 0.325 e. The van der Waals surface area contributed by atoms with E-state index < -0.39 is 5.97 Å². The number of nitrogens with zero attached hydrogens (tertiary/aromatic N) is 2. The summed E-state index contributed by atoms with van der Waals surface area (Å²) in [7, 11) is 0. The number of carbonyl (C=O) groups excluding carboxylic acids is 2. The van der Waals surface area contributed by atoms with Crippen molar-refractivity contribution in [2.45, 2.75) is 27.2 Å². The van der Waals surface area contributed by atoms with E-state index in [0.29, 0.717) is 18.8 Å². The Labute approximate surface area is 113 Å². The van der Waals surface area contributed by atoms with Crippen LogP contribution in [0.15, 0.2) is 18.2 Å². The van der Waals surface area contributed by atoms with E-state index >= 15 is 0 Å². The van der Waals surface area contributed by atoms with Crippen LogP contribution >= 0.6 is 0 Å². The lowest BCUT2D eigenvalue weighted by molar-refractivity contribution is -0.143. The molecule has 0 aromatic carbocycles. The molecule has 1 amide bonds. The molecule has 1 aromatic heterocycles. The third kappa shape index (κ3) is 4.69. The van der Waals surface area contributed by atoms with E-state index in [1.807, 2.05) is 19.9 Å². The first-order chi connectivity index (χ1) is 9.08. The Morgan fingerprint density at radius 1 is 1.32 bits per heavy atom. The molecule has 0 aliphatic heterocycles. The van der Waals surface area contributed by atoms with E-state index in [1.54, 1.807) is 19.1 Å². The summed E-state index contributed by atoms with van der Waals surface area (Å²) in [5.74, 6) is -0.629. The molecule has 19 heavy (non-hydrogen) atoms. The van der Waals surface area contributed by atoms with Gasteiger partial charge in [-0.2, -0.15) is 0 Å². The molecule has 0 N–H and O–H groups in total. The number of hydrogen-bond acceptors (Lipinski definition) is 4. The molecule has 1 heterocycles. The zero-order valence-corrected chi connectivity index (χ0v) is 11.7. The Morgan fingerprint density at radius 3 is 2.63 bits per heavy atom. The third-order valence-electron chi connectivity index (χ3n) is 2.51. The van der Waals surface area contributed by atoms with Crippen LogP contribution in [0.5, 0.6) is 0 Å². The Bertz CT molecular complexity index is 446. The van der Waals surface area contributed by atoms with Crippen molar-refractivity contribution in [2.75, 3.05) is 19.7 Å². The predicted octanol–water partition coefficient (Wildman–Crippen LogP) is 1.81. The molecule has 0 aliphatic carbocycles. The molecule has 0 spiro atoms. The Kier molecular flexibility index (Phi) is 5.99. The smallest absolute Gasteiger partial charge is 0.325 e. The van der Waals surface area contributed by atoms with Crippen molar-refractivity contribution in [1.29, 1.82) is 0 Å². The maximum absolute atomic E-state index is 12.3. The fraction of sp³-hybridized carbons (Fsp3) is 0.500. The minimum atomic E-state index is -0.392. The number of aromatic nitrogens is 1. The molecule has 0 aliphatic rings. The molecule has 1 rings (SSSR count). The molecule has 1 aromatic rings. The Hall–Kier alpha value is -1.91. The van der Waals surface area contributed by atoms with Crippen LogP contribution in [-0.4, -0.2) is 41.5 Å². The molecular formula is C14H20N2O3. The molecule has 0 fully saturated rings. The molecule has 0 saturated heterocycles. The summed E-state index contributed by atoms with van der Waals surface area (Å²) in [4.78, 5) is 29.4. The lowest BCUT2D eigenvalue weighted by atomic mass is 10.2. The minimum Gasteiger partial charge on any atom is -0.465 e. The van der Waals surface area contributed by atoms with Gasteiger partial charge >= 0.3 is 5.97 Å². The molecule has 5 heteroatoms. The lowest BCUT2D eigenvalue weighted by Crippen LogP contribution is -2.37. The van der Waals surface area contributed by atoms with Gasteiger partial charge < -0.3 is 9.64 Å². The van der Waals surface area contributed by atoms with Crippen molar-refractivity contribution < 1.29 is 14.3 Å². The number of pyridine rings is 1. The third-order valence-corrected chi connectivity index (χ3v) is 2.51. The van der Waals surface area contributed by atoms with Gasteiger partial charge in [0.1, 0.15) is 12.2 Å². The Morgan fingerprint density at radius 2 is 2.05 bits per heavy atom. The normalized spacial score (nSPS) is 10.1. The molecular weight excluding hydrogens is 244 g/mol. The lowest BCUT2D eigenvalue weighted by Gasteiger charge is -2.20. The highest BCUT2D eigenvalue weighted by atomic mass is 16.5. The van der Waals surface area contributed by atoms with Crippen LogP contribution in [0.4, 0.5) is 0 Å². The van der Waals surface area contributed by atoms with E-state index in [2.05, 4.69) is 4.98 Å². The van der Waals surface area contributed by atoms with E-state index in [-0.39, 0.29) is 12.5 Å². The molecule has 0 atom stereocenters. The highest BCUT2D eigenvalue weighted by molar-refractivity contribution is 5.94. The zero-order valence-electron chi connectivity index (χ0n) is 11.7. The van der Waals surface area contributed by atoms with Crippen LogP contribution in [0.25, 0.3) is 0 Å². The molecule has 104 valence electrons. The fourth-order valence-electron chi connectivity index (χ4n) is 1.71. The second kappa shape index (κ2) is 7.51. The molecule has 0 unspecified atom stereocenters. The number of esters is 1. The highest BCUT2D eigenvalue weighted by Crippen LogP contribution is 2.05. The van der Waals surface area contributed by atoms with Gasteiger partial charge in [-0.3, -0.25) is 9.59 Å². The van der Waals surface area contributed by atoms with Crippen LogP contribution in [0, 0.1) is 6.92 Å². The van der Waals surface area contributed by atoms with Crippen molar-refractivity contribution >= 4 is 11.9 Å². The Balaban J connectivity index is 2.80. The molecule has 0 radical (unpaired) electrons. The summed E-state index contributed by atoms with van der Waals surface area (Å²) >= 11 is 0. The largest absolute Gasteiger partial charge is 0.465 e. The van der Waals surface area contributed by atoms with Gasteiger partial charge in [0.15, 0.2) is 0 Å². The highest BCUT2D eigenvalue weighted by Gasteiger charge is 2.19. The number of rotatable bonds is 6. The number of amides is 1. The van der Waals surface area contributed by atoms with Crippen molar-refractivity contribution in [3.63, 3.8) is 0 Å². The molecule has 0 bridgehead atoms. The van der Waals surface area contributed by atoms with Crippen LogP contribution in [0.1, 0.15) is 36.5 Å².